The van der Waals surface area contributed by atoms with Crippen LogP contribution in [-0.2, 0) is 39.1 Å². The van der Waals surface area contributed by atoms with E-state index < -0.39 is 6.10 Å². The van der Waals surface area contributed by atoms with E-state index >= 15 is 0 Å². The predicted octanol–water partition coefficient (Wildman–Crippen LogP) is 2.49. The van der Waals surface area contributed by atoms with Crippen molar-refractivity contribution in [3.05, 3.63) is 33.8 Å². The second kappa shape index (κ2) is 7.80. The SMILES string of the molecule is [B]C1C(O)CC([N+]#[C-])C1CCCc1cc[c-]s1.[Y]. The van der Waals surface area contributed by atoms with Crippen LogP contribution in [0.4, 0.5) is 0 Å². The van der Waals surface area contributed by atoms with Gasteiger partial charge in [0.2, 0.25) is 6.04 Å². The van der Waals surface area contributed by atoms with Crippen molar-refractivity contribution < 1.29 is 37.8 Å². The normalized spacial score (nSPS) is 30.7. The second-order valence-corrected chi connectivity index (χ2v) is 5.62. The van der Waals surface area contributed by atoms with E-state index in [1.165, 1.54) is 4.88 Å². The van der Waals surface area contributed by atoms with Gasteiger partial charge in [-0.1, -0.05) is 12.8 Å². The summed E-state index contributed by atoms with van der Waals surface area (Å²) < 4.78 is 0. The molecule has 1 aliphatic carbocycles. The van der Waals surface area contributed by atoms with Gasteiger partial charge in [0.1, 0.15) is 0 Å². The smallest absolute Gasteiger partial charge is 0.228 e. The zero-order valence-corrected chi connectivity index (χ0v) is 13.9. The van der Waals surface area contributed by atoms with Gasteiger partial charge in [-0.3, -0.25) is 0 Å². The maximum absolute atomic E-state index is 9.68. The fraction of sp³-hybridized carbons (Fsp3) is 0.615. The molecule has 2 nitrogen and oxygen atoms in total. The fourth-order valence-corrected chi connectivity index (χ4v) is 3.24. The summed E-state index contributed by atoms with van der Waals surface area (Å²) in [5.41, 5.74) is 0. The van der Waals surface area contributed by atoms with Crippen LogP contribution in [0, 0.1) is 17.9 Å². The van der Waals surface area contributed by atoms with Gasteiger partial charge in [0.25, 0.3) is 0 Å². The molecule has 1 aromatic rings. The van der Waals surface area contributed by atoms with Crippen LogP contribution in [-0.4, -0.2) is 25.1 Å². The Morgan fingerprint density at radius 1 is 1.61 bits per heavy atom. The van der Waals surface area contributed by atoms with Crippen LogP contribution in [0.5, 0.6) is 0 Å². The van der Waals surface area contributed by atoms with Gasteiger partial charge in [0.15, 0.2) is 0 Å². The predicted molar refractivity (Wildman–Crippen MR) is 70.1 cm³/mol. The van der Waals surface area contributed by atoms with Crippen molar-refractivity contribution in [2.75, 3.05) is 0 Å². The molecule has 1 aliphatic rings. The largest absolute Gasteiger partial charge is 0.393 e. The molecule has 0 aliphatic heterocycles. The third-order valence-corrected chi connectivity index (χ3v) is 4.43. The summed E-state index contributed by atoms with van der Waals surface area (Å²) >= 11 is 1.65. The third-order valence-electron chi connectivity index (χ3n) is 3.57. The average molecular weight is 333 g/mol. The topological polar surface area (TPSA) is 24.6 Å². The van der Waals surface area contributed by atoms with Crippen LogP contribution in [0.3, 0.4) is 0 Å². The Balaban J connectivity index is 0.00000162. The molecule has 5 heteroatoms. The number of thiophene rings is 1. The van der Waals surface area contributed by atoms with E-state index in [1.807, 2.05) is 6.07 Å². The van der Waals surface area contributed by atoms with Crippen molar-refractivity contribution in [1.82, 2.24) is 0 Å². The Labute approximate surface area is 139 Å². The molecule has 1 aromatic heterocycles. The van der Waals surface area contributed by atoms with E-state index in [9.17, 15) is 5.11 Å². The van der Waals surface area contributed by atoms with Crippen LogP contribution in [0.1, 0.15) is 24.1 Å². The summed E-state index contributed by atoms with van der Waals surface area (Å²) in [5, 5.41) is 12.8. The second-order valence-electron chi connectivity index (χ2n) is 4.65. The Morgan fingerprint density at radius 3 is 3.00 bits per heavy atom. The molecule has 18 heavy (non-hydrogen) atoms. The first-order valence-electron chi connectivity index (χ1n) is 5.97. The Bertz CT molecular complexity index is 392. The van der Waals surface area contributed by atoms with Crippen molar-refractivity contribution in [2.24, 2.45) is 5.92 Å². The van der Waals surface area contributed by atoms with Crippen molar-refractivity contribution in [1.29, 1.82) is 0 Å². The molecule has 1 fully saturated rings. The molecule has 1 heterocycles. The zero-order chi connectivity index (χ0) is 12.3. The van der Waals surface area contributed by atoms with Crippen molar-refractivity contribution in [2.45, 2.75) is 43.6 Å². The molecule has 0 aromatic carbocycles. The maximum atomic E-state index is 9.68. The first kappa shape index (κ1) is 16.4. The molecule has 0 spiro atoms. The van der Waals surface area contributed by atoms with Gasteiger partial charge in [-0.25, -0.2) is 12.6 Å². The number of aliphatic hydroxyl groups is 1. The fourth-order valence-electron chi connectivity index (χ4n) is 2.57. The number of nitrogens with zero attached hydrogens (tertiary/aromatic N) is 1. The van der Waals surface area contributed by atoms with E-state index in [0.29, 0.717) is 6.42 Å². The minimum atomic E-state index is -0.492. The quantitative estimate of drug-likeness (QED) is 0.665. The minimum absolute atomic E-state index is 0. The average Bonchev–Trinajstić information content (AvgIpc) is 2.92. The van der Waals surface area contributed by atoms with Crippen LogP contribution >= 0.6 is 11.3 Å². The van der Waals surface area contributed by atoms with Gasteiger partial charge in [-0.05, 0) is 12.2 Å². The van der Waals surface area contributed by atoms with Crippen LogP contribution in [0.2, 0.25) is 5.82 Å². The number of rotatable bonds is 4. The minimum Gasteiger partial charge on any atom is -0.393 e. The van der Waals surface area contributed by atoms with Crippen LogP contribution in [0.25, 0.3) is 4.85 Å². The van der Waals surface area contributed by atoms with Crippen LogP contribution < -0.4 is 0 Å². The summed E-state index contributed by atoms with van der Waals surface area (Å²) in [6.07, 6.45) is 3.05. The van der Waals surface area contributed by atoms with Gasteiger partial charge in [-0.15, -0.1) is 10.3 Å². The van der Waals surface area contributed by atoms with Gasteiger partial charge < -0.3 is 21.3 Å². The first-order valence-corrected chi connectivity index (χ1v) is 6.79. The molecule has 1 saturated carbocycles. The Kier molecular flexibility index (Phi) is 7.09. The molecular weight excluding hydrogens is 318 g/mol. The monoisotopic (exact) mass is 333 g/mol. The molecule has 91 valence electrons. The molecule has 1 N–H and O–H groups in total. The van der Waals surface area contributed by atoms with Gasteiger partial charge in [-0.2, -0.15) is 6.07 Å². The molecule has 2 rings (SSSR count). The molecule has 0 saturated heterocycles. The number of hydrogen-bond donors (Lipinski definition) is 1. The van der Waals surface area contributed by atoms with E-state index in [4.69, 9.17) is 14.4 Å². The first-order chi connectivity index (χ1) is 8.22. The van der Waals surface area contributed by atoms with Crippen LogP contribution in [0.15, 0.2) is 12.1 Å². The summed E-state index contributed by atoms with van der Waals surface area (Å²) in [7, 11) is 5.95. The molecule has 0 bridgehead atoms. The van der Waals surface area contributed by atoms with Gasteiger partial charge >= 0.3 is 0 Å². The number of aryl methyl sites for hydroxylation is 1. The van der Waals surface area contributed by atoms with Crippen molar-refractivity contribution in [3.63, 3.8) is 0 Å². The molecule has 4 unspecified atom stereocenters. The third kappa shape index (κ3) is 3.90. The van der Waals surface area contributed by atoms with Gasteiger partial charge in [0.05, 0.1) is 14.0 Å². The van der Waals surface area contributed by atoms with Gasteiger partial charge in [0, 0.05) is 45.0 Å². The zero-order valence-electron chi connectivity index (χ0n) is 10.2. The number of aliphatic hydroxyl groups excluding tert-OH is 1. The summed E-state index contributed by atoms with van der Waals surface area (Å²) in [6, 6.07) is 3.93. The Morgan fingerprint density at radius 2 is 2.39 bits per heavy atom. The van der Waals surface area contributed by atoms with E-state index in [0.717, 1.165) is 19.3 Å². The molecule has 4 atom stereocenters. The number of hydrogen-bond acceptors (Lipinski definition) is 2. The molecule has 0 amide bonds. The van der Waals surface area contributed by atoms with Crippen molar-refractivity contribution in [3.8, 4) is 0 Å². The molecule has 3 radical (unpaired) electrons. The summed E-state index contributed by atoms with van der Waals surface area (Å²) in [5.74, 6) is -0.0598. The molecular formula is C13H15BNOSY-. The summed E-state index contributed by atoms with van der Waals surface area (Å²) in [4.78, 5) is 4.92. The standard InChI is InChI=1S/C13H15BNOS.Y/c1-15-11-8-12(16)13(14)10(11)6-2-4-9-5-3-7-17-9;/h3,5,10-13,16H,2,4,6,8H2;/q-1;. The van der Waals surface area contributed by atoms with E-state index in [-0.39, 0.29) is 50.5 Å². The van der Waals surface area contributed by atoms with Crippen molar-refractivity contribution >= 4 is 19.2 Å². The van der Waals surface area contributed by atoms with E-state index in [2.05, 4.69) is 16.3 Å². The maximum Gasteiger partial charge on any atom is 0.228 e. The Hall–Kier alpha value is 0.319. The van der Waals surface area contributed by atoms with E-state index in [1.54, 1.807) is 11.3 Å². The summed E-state index contributed by atoms with van der Waals surface area (Å²) in [6.45, 7) is 7.14.